The van der Waals surface area contributed by atoms with Gasteiger partial charge in [-0.3, -0.25) is 4.90 Å². The van der Waals surface area contributed by atoms with Crippen LogP contribution in [0.2, 0.25) is 0 Å². The summed E-state index contributed by atoms with van der Waals surface area (Å²) >= 11 is 0. The molecule has 102 valence electrons. The molecule has 0 spiro atoms. The highest BCUT2D eigenvalue weighted by atomic mass is 32.2. The molecule has 0 aromatic carbocycles. The van der Waals surface area contributed by atoms with Crippen LogP contribution in [-0.2, 0) is 9.84 Å². The van der Waals surface area contributed by atoms with Gasteiger partial charge in [0.05, 0.1) is 11.5 Å². The maximum Gasteiger partial charge on any atom is 0.153 e. The van der Waals surface area contributed by atoms with Crippen molar-refractivity contribution in [1.29, 1.82) is 0 Å². The first-order valence-electron chi connectivity index (χ1n) is 6.37. The van der Waals surface area contributed by atoms with Crippen LogP contribution in [0.3, 0.4) is 0 Å². The summed E-state index contributed by atoms with van der Waals surface area (Å²) in [5.74, 6) is 0.506. The Morgan fingerprint density at radius 3 is 2.59 bits per heavy atom. The molecular formula is C12H25NO3S. The molecule has 0 aromatic rings. The predicted molar refractivity (Wildman–Crippen MR) is 69.8 cm³/mol. The average molecular weight is 263 g/mol. The van der Waals surface area contributed by atoms with E-state index < -0.39 is 9.84 Å². The predicted octanol–water partition coefficient (Wildman–Crippen LogP) is 0.904. The van der Waals surface area contributed by atoms with Gasteiger partial charge in [0.25, 0.3) is 0 Å². The molecule has 0 bridgehead atoms. The molecule has 17 heavy (non-hydrogen) atoms. The summed E-state index contributed by atoms with van der Waals surface area (Å²) < 4.78 is 23.0. The van der Waals surface area contributed by atoms with Gasteiger partial charge in [0.15, 0.2) is 9.84 Å². The largest absolute Gasteiger partial charge is 0.396 e. The topological polar surface area (TPSA) is 57.6 Å². The average Bonchev–Trinajstić information content (AvgIpc) is 2.22. The summed E-state index contributed by atoms with van der Waals surface area (Å²) in [6, 6.07) is 0.0662. The first-order chi connectivity index (χ1) is 7.82. The molecule has 0 aliphatic carbocycles. The molecule has 1 fully saturated rings. The van der Waals surface area contributed by atoms with E-state index in [9.17, 15) is 13.5 Å². The van der Waals surface area contributed by atoms with Crippen LogP contribution in [0.1, 0.15) is 33.6 Å². The molecule has 1 saturated heterocycles. The Labute approximate surface area is 105 Å². The van der Waals surface area contributed by atoms with Crippen LogP contribution >= 0.6 is 0 Å². The smallest absolute Gasteiger partial charge is 0.153 e. The first kappa shape index (κ1) is 14.9. The van der Waals surface area contributed by atoms with Crippen molar-refractivity contribution in [3.05, 3.63) is 0 Å². The molecule has 1 aliphatic heterocycles. The van der Waals surface area contributed by atoms with Crippen molar-refractivity contribution in [2.45, 2.75) is 39.7 Å². The summed E-state index contributed by atoms with van der Waals surface area (Å²) in [5.41, 5.74) is -0.107. The highest BCUT2D eigenvalue weighted by Gasteiger charge is 2.33. The third-order valence-electron chi connectivity index (χ3n) is 3.63. The minimum Gasteiger partial charge on any atom is -0.396 e. The number of aliphatic hydroxyl groups excluding tert-OH is 1. The second kappa shape index (κ2) is 5.67. The molecule has 0 aromatic heterocycles. The Morgan fingerprint density at radius 2 is 2.12 bits per heavy atom. The second-order valence-corrected chi connectivity index (χ2v) is 7.88. The summed E-state index contributed by atoms with van der Waals surface area (Å²) in [6.45, 7) is 7.69. The lowest BCUT2D eigenvalue weighted by Gasteiger charge is -2.39. The molecule has 2 atom stereocenters. The Kier molecular flexibility index (Phi) is 4.98. The van der Waals surface area contributed by atoms with Crippen LogP contribution in [-0.4, -0.2) is 55.7 Å². The number of rotatable bonds is 5. The van der Waals surface area contributed by atoms with Crippen LogP contribution in [0.15, 0.2) is 0 Å². The fourth-order valence-corrected chi connectivity index (χ4v) is 4.19. The SMILES string of the molecule is CCCC(C)(CO)CN1CCS(=O)(=O)CC1C. The maximum absolute atomic E-state index is 11.5. The van der Waals surface area contributed by atoms with Crippen molar-refractivity contribution >= 4 is 9.84 Å². The van der Waals surface area contributed by atoms with Crippen molar-refractivity contribution < 1.29 is 13.5 Å². The van der Waals surface area contributed by atoms with Gasteiger partial charge in [-0.2, -0.15) is 0 Å². The molecular weight excluding hydrogens is 238 g/mol. The van der Waals surface area contributed by atoms with Crippen LogP contribution in [0.4, 0.5) is 0 Å². The highest BCUT2D eigenvalue weighted by molar-refractivity contribution is 7.91. The zero-order valence-electron chi connectivity index (χ0n) is 11.1. The van der Waals surface area contributed by atoms with Crippen LogP contribution in [0.5, 0.6) is 0 Å². The van der Waals surface area contributed by atoms with Gasteiger partial charge in [-0.15, -0.1) is 0 Å². The zero-order valence-corrected chi connectivity index (χ0v) is 12.0. The van der Waals surface area contributed by atoms with Gasteiger partial charge in [0.1, 0.15) is 0 Å². The van der Waals surface area contributed by atoms with E-state index in [4.69, 9.17) is 0 Å². The number of hydrogen-bond acceptors (Lipinski definition) is 4. The van der Waals surface area contributed by atoms with E-state index in [1.165, 1.54) is 0 Å². The van der Waals surface area contributed by atoms with Crippen LogP contribution < -0.4 is 0 Å². The summed E-state index contributed by atoms with van der Waals surface area (Å²) in [7, 11) is -2.84. The van der Waals surface area contributed by atoms with E-state index in [1.54, 1.807) is 0 Å². The zero-order chi connectivity index (χ0) is 13.1. The van der Waals surface area contributed by atoms with Gasteiger partial charge >= 0.3 is 0 Å². The van der Waals surface area contributed by atoms with Crippen molar-refractivity contribution in [1.82, 2.24) is 4.90 Å². The highest BCUT2D eigenvalue weighted by Crippen LogP contribution is 2.26. The van der Waals surface area contributed by atoms with Gasteiger partial charge in [0.2, 0.25) is 0 Å². The molecule has 4 nitrogen and oxygen atoms in total. The maximum atomic E-state index is 11.5. The summed E-state index contributed by atoms with van der Waals surface area (Å²) in [6.07, 6.45) is 2.01. The number of aliphatic hydroxyl groups is 1. The fourth-order valence-electron chi connectivity index (χ4n) is 2.57. The molecule has 1 N–H and O–H groups in total. The summed E-state index contributed by atoms with van der Waals surface area (Å²) in [5, 5.41) is 9.49. The molecule has 0 radical (unpaired) electrons. The quantitative estimate of drug-likeness (QED) is 0.801. The Balaban J connectivity index is 2.63. The van der Waals surface area contributed by atoms with E-state index in [0.29, 0.717) is 6.54 Å². The molecule has 5 heteroatoms. The van der Waals surface area contributed by atoms with Gasteiger partial charge in [-0.25, -0.2) is 8.42 Å². The van der Waals surface area contributed by atoms with Gasteiger partial charge in [-0.05, 0) is 13.3 Å². The Bertz CT molecular complexity index is 342. The molecule has 1 aliphatic rings. The molecule has 2 unspecified atom stereocenters. The van der Waals surface area contributed by atoms with Gasteiger partial charge in [0, 0.05) is 31.2 Å². The van der Waals surface area contributed by atoms with Gasteiger partial charge < -0.3 is 5.11 Å². The molecule has 0 saturated carbocycles. The third kappa shape index (κ3) is 4.23. The van der Waals surface area contributed by atoms with Crippen molar-refractivity contribution in [2.75, 3.05) is 31.2 Å². The molecule has 1 heterocycles. The lowest BCUT2D eigenvalue weighted by Crippen LogP contribution is -2.51. The van der Waals surface area contributed by atoms with E-state index in [2.05, 4.69) is 18.7 Å². The lowest BCUT2D eigenvalue weighted by atomic mass is 9.85. The van der Waals surface area contributed by atoms with E-state index in [0.717, 1.165) is 19.4 Å². The van der Waals surface area contributed by atoms with Crippen molar-refractivity contribution in [3.8, 4) is 0 Å². The van der Waals surface area contributed by atoms with E-state index in [1.807, 2.05) is 6.92 Å². The normalized spacial score (nSPS) is 28.8. The van der Waals surface area contributed by atoms with E-state index >= 15 is 0 Å². The number of sulfone groups is 1. The number of nitrogens with zero attached hydrogens (tertiary/aromatic N) is 1. The Hall–Kier alpha value is -0.130. The number of hydrogen-bond donors (Lipinski definition) is 1. The van der Waals surface area contributed by atoms with Crippen molar-refractivity contribution in [3.63, 3.8) is 0 Å². The minimum absolute atomic E-state index is 0.0662. The first-order valence-corrected chi connectivity index (χ1v) is 8.19. The third-order valence-corrected chi connectivity index (χ3v) is 5.42. The van der Waals surface area contributed by atoms with Crippen LogP contribution in [0, 0.1) is 5.41 Å². The lowest BCUT2D eigenvalue weighted by molar-refractivity contribution is 0.0676. The fraction of sp³-hybridized carbons (Fsp3) is 1.00. The summed E-state index contributed by atoms with van der Waals surface area (Å²) in [4.78, 5) is 2.20. The molecule has 1 rings (SSSR count). The monoisotopic (exact) mass is 263 g/mol. The van der Waals surface area contributed by atoms with E-state index in [-0.39, 0.29) is 29.6 Å². The minimum atomic E-state index is -2.84. The van der Waals surface area contributed by atoms with Crippen LogP contribution in [0.25, 0.3) is 0 Å². The van der Waals surface area contributed by atoms with Crippen molar-refractivity contribution in [2.24, 2.45) is 5.41 Å². The van der Waals surface area contributed by atoms with Gasteiger partial charge in [-0.1, -0.05) is 20.3 Å². The second-order valence-electron chi connectivity index (χ2n) is 5.65. The molecule has 0 amide bonds. The Morgan fingerprint density at radius 1 is 1.47 bits per heavy atom. The standard InChI is InChI=1S/C12H25NO3S/c1-4-5-12(3,10-14)9-13-6-7-17(15,16)8-11(13)2/h11,14H,4-10H2,1-3H3.